The second-order valence-electron chi connectivity index (χ2n) is 5.74. The van der Waals surface area contributed by atoms with Crippen LogP contribution in [0.5, 0.6) is 0 Å². The zero-order valence-corrected chi connectivity index (χ0v) is 15.4. The third-order valence-corrected chi connectivity index (χ3v) is 6.91. The van der Waals surface area contributed by atoms with Gasteiger partial charge in [-0.15, -0.1) is 0 Å². The van der Waals surface area contributed by atoms with E-state index in [1.54, 1.807) is 11.6 Å². The molecule has 1 aliphatic rings. The molecule has 2 N–H and O–H groups in total. The molecule has 1 aromatic heterocycles. The zero-order chi connectivity index (χ0) is 18.2. The maximum Gasteiger partial charge on any atom is 0.241 e. The van der Waals surface area contributed by atoms with Gasteiger partial charge in [0, 0.05) is 6.54 Å². The fourth-order valence-electron chi connectivity index (χ4n) is 2.75. The molecule has 2 aromatic rings. The number of aromatic nitrogens is 3. The molecule has 1 aromatic carbocycles. The highest BCUT2D eigenvalue weighted by molar-refractivity contribution is 7.90. The van der Waals surface area contributed by atoms with E-state index >= 15 is 0 Å². The van der Waals surface area contributed by atoms with Gasteiger partial charge in [-0.25, -0.2) is 35.9 Å². The highest BCUT2D eigenvalue weighted by Crippen LogP contribution is 2.25. The van der Waals surface area contributed by atoms with E-state index in [9.17, 15) is 16.8 Å². The molecule has 0 fully saturated rings. The smallest absolute Gasteiger partial charge is 0.241 e. The van der Waals surface area contributed by atoms with Crippen LogP contribution in [-0.4, -0.2) is 38.6 Å². The molecular formula is C14H19N5O4S2. The van der Waals surface area contributed by atoms with Crippen molar-refractivity contribution in [1.29, 1.82) is 0 Å². The van der Waals surface area contributed by atoms with Gasteiger partial charge in [0.05, 0.1) is 15.8 Å². The van der Waals surface area contributed by atoms with Gasteiger partial charge in [-0.1, -0.05) is 0 Å². The first-order chi connectivity index (χ1) is 11.7. The topological polar surface area (TPSA) is 123 Å². The Morgan fingerprint density at radius 2 is 1.68 bits per heavy atom. The zero-order valence-electron chi connectivity index (χ0n) is 13.8. The van der Waals surface area contributed by atoms with E-state index in [4.69, 9.17) is 0 Å². The second-order valence-corrected chi connectivity index (χ2v) is 9.34. The highest BCUT2D eigenvalue weighted by atomic mass is 32.2. The lowest BCUT2D eigenvalue weighted by atomic mass is 10.1. The molecule has 136 valence electrons. The molecule has 1 aliphatic heterocycles. The number of hydrogen-bond acceptors (Lipinski definition) is 6. The van der Waals surface area contributed by atoms with Crippen LogP contribution < -0.4 is 9.44 Å². The number of nitrogens with zero attached hydrogens (tertiary/aromatic N) is 3. The maximum absolute atomic E-state index is 12.6. The van der Waals surface area contributed by atoms with Crippen molar-refractivity contribution in [2.24, 2.45) is 0 Å². The Morgan fingerprint density at radius 1 is 1.08 bits per heavy atom. The Kier molecular flexibility index (Phi) is 4.66. The summed E-state index contributed by atoms with van der Waals surface area (Å²) >= 11 is 0. The predicted molar refractivity (Wildman–Crippen MR) is 89.7 cm³/mol. The van der Waals surface area contributed by atoms with Crippen LogP contribution in [0.3, 0.4) is 0 Å². The minimum Gasteiger partial charge on any atom is -0.248 e. The number of sulfonamides is 2. The molecule has 0 saturated heterocycles. The summed E-state index contributed by atoms with van der Waals surface area (Å²) in [5.41, 5.74) is 0. The quantitative estimate of drug-likeness (QED) is 0.763. The molecule has 11 heteroatoms. The van der Waals surface area contributed by atoms with Gasteiger partial charge in [0.25, 0.3) is 0 Å². The number of benzene rings is 1. The lowest BCUT2D eigenvalue weighted by Gasteiger charge is -2.23. The van der Waals surface area contributed by atoms with E-state index in [0.717, 1.165) is 6.42 Å². The first-order valence-corrected chi connectivity index (χ1v) is 10.7. The van der Waals surface area contributed by atoms with Crippen molar-refractivity contribution in [2.75, 3.05) is 7.05 Å². The number of fused-ring (bicyclic) bond motifs is 1. The van der Waals surface area contributed by atoms with Gasteiger partial charge in [0.1, 0.15) is 11.6 Å². The summed E-state index contributed by atoms with van der Waals surface area (Å²) in [6, 6.07) is 4.60. The Bertz CT molecular complexity index is 981. The first-order valence-electron chi connectivity index (χ1n) is 7.70. The summed E-state index contributed by atoms with van der Waals surface area (Å²) in [7, 11) is -6.13. The van der Waals surface area contributed by atoms with E-state index in [1.165, 1.54) is 31.3 Å². The molecule has 0 aliphatic carbocycles. The van der Waals surface area contributed by atoms with Crippen LogP contribution in [-0.2, 0) is 26.6 Å². The summed E-state index contributed by atoms with van der Waals surface area (Å²) < 4.78 is 55.2. The normalized spacial score (nSPS) is 18.1. The Hall–Kier alpha value is -1.82. The number of aryl methyl sites for hydroxylation is 2. The van der Waals surface area contributed by atoms with Crippen LogP contribution in [0.4, 0.5) is 0 Å². The van der Waals surface area contributed by atoms with Crippen LogP contribution in [0, 0.1) is 6.92 Å². The first kappa shape index (κ1) is 18.0. The third kappa shape index (κ3) is 3.59. The Morgan fingerprint density at radius 3 is 2.28 bits per heavy atom. The molecule has 0 spiro atoms. The van der Waals surface area contributed by atoms with Gasteiger partial charge >= 0.3 is 0 Å². The minimum atomic E-state index is -3.81. The van der Waals surface area contributed by atoms with Gasteiger partial charge in [-0.2, -0.15) is 5.10 Å². The lowest BCUT2D eigenvalue weighted by molar-refractivity contribution is 0.399. The van der Waals surface area contributed by atoms with Gasteiger partial charge in [-0.3, -0.25) is 0 Å². The van der Waals surface area contributed by atoms with Crippen molar-refractivity contribution >= 4 is 20.0 Å². The Balaban J connectivity index is 1.86. The molecule has 9 nitrogen and oxygen atoms in total. The molecule has 0 radical (unpaired) electrons. The summed E-state index contributed by atoms with van der Waals surface area (Å²) in [6.45, 7) is 2.47. The monoisotopic (exact) mass is 385 g/mol. The van der Waals surface area contributed by atoms with Crippen molar-refractivity contribution in [2.45, 2.75) is 42.1 Å². The van der Waals surface area contributed by atoms with Crippen LogP contribution in [0.15, 0.2) is 34.1 Å². The molecule has 2 heterocycles. The molecule has 0 saturated carbocycles. The van der Waals surface area contributed by atoms with E-state index in [1.807, 2.05) is 0 Å². The van der Waals surface area contributed by atoms with Crippen LogP contribution in [0.25, 0.3) is 0 Å². The second kappa shape index (κ2) is 6.48. The van der Waals surface area contributed by atoms with E-state index in [2.05, 4.69) is 19.5 Å². The number of rotatable bonds is 5. The number of nitrogens with one attached hydrogen (secondary N) is 2. The van der Waals surface area contributed by atoms with Crippen LogP contribution in [0.1, 0.15) is 30.5 Å². The van der Waals surface area contributed by atoms with E-state index < -0.39 is 26.1 Å². The van der Waals surface area contributed by atoms with Crippen LogP contribution in [0.2, 0.25) is 0 Å². The van der Waals surface area contributed by atoms with E-state index in [0.29, 0.717) is 24.6 Å². The molecular weight excluding hydrogens is 366 g/mol. The third-order valence-electron chi connectivity index (χ3n) is 3.99. The summed E-state index contributed by atoms with van der Waals surface area (Å²) in [5, 5.41) is 4.25. The van der Waals surface area contributed by atoms with Gasteiger partial charge in [0.2, 0.25) is 20.0 Å². The molecule has 25 heavy (non-hydrogen) atoms. The molecule has 1 atom stereocenters. The van der Waals surface area contributed by atoms with Crippen molar-refractivity contribution in [3.63, 3.8) is 0 Å². The van der Waals surface area contributed by atoms with Gasteiger partial charge in [0.15, 0.2) is 0 Å². The van der Waals surface area contributed by atoms with Crippen molar-refractivity contribution < 1.29 is 16.8 Å². The molecule has 0 unspecified atom stereocenters. The van der Waals surface area contributed by atoms with Crippen molar-refractivity contribution in [3.8, 4) is 0 Å². The molecule has 0 amide bonds. The average Bonchev–Trinajstić information content (AvgIpc) is 2.96. The van der Waals surface area contributed by atoms with Gasteiger partial charge in [-0.05, 0) is 51.1 Å². The largest absolute Gasteiger partial charge is 0.248 e. The summed E-state index contributed by atoms with van der Waals surface area (Å²) in [5.74, 6) is 1.20. The fraction of sp³-hybridized carbons (Fsp3) is 0.429. The average molecular weight is 385 g/mol. The number of hydrogen-bond donors (Lipinski definition) is 2. The predicted octanol–water partition coefficient (Wildman–Crippen LogP) is 0.308. The fourth-order valence-corrected chi connectivity index (χ4v) is 4.71. The highest BCUT2D eigenvalue weighted by Gasteiger charge is 2.28. The minimum absolute atomic E-state index is 0.00184. The SMILES string of the molecule is CNS(=O)(=O)c1ccc(S(=O)(=O)N[C@H]2CCCn3nc(C)nc32)cc1. The van der Waals surface area contributed by atoms with Crippen LogP contribution >= 0.6 is 0 Å². The Labute approximate surface area is 146 Å². The molecule has 0 bridgehead atoms. The summed E-state index contributed by atoms with van der Waals surface area (Å²) in [6.07, 6.45) is 1.42. The standard InChI is InChI=1S/C14H19N5O4S2/c1-10-16-14-13(4-3-9-19(14)17-10)18-25(22,23)12-7-5-11(6-8-12)24(20,21)15-2/h5-8,13,15,18H,3-4,9H2,1-2H3/t13-/m0/s1. The van der Waals surface area contributed by atoms with Crippen molar-refractivity contribution in [3.05, 3.63) is 35.9 Å². The van der Waals surface area contributed by atoms with E-state index in [-0.39, 0.29) is 9.79 Å². The summed E-state index contributed by atoms with van der Waals surface area (Å²) in [4.78, 5) is 4.30. The molecule has 3 rings (SSSR count). The lowest BCUT2D eigenvalue weighted by Crippen LogP contribution is -2.33. The maximum atomic E-state index is 12.6. The van der Waals surface area contributed by atoms with Crippen molar-refractivity contribution in [1.82, 2.24) is 24.2 Å². The van der Waals surface area contributed by atoms with Gasteiger partial charge < -0.3 is 0 Å².